The number of carboxylic acids is 1. The lowest BCUT2D eigenvalue weighted by atomic mass is 9.81. The predicted molar refractivity (Wildman–Crippen MR) is 191 cm³/mol. The number of carbonyl (C=O) groups is 1. The van der Waals surface area contributed by atoms with Crippen LogP contribution >= 0.6 is 7.60 Å². The van der Waals surface area contributed by atoms with Crippen LogP contribution < -0.4 is 10.2 Å². The van der Waals surface area contributed by atoms with Crippen molar-refractivity contribution in [1.82, 2.24) is 0 Å². The second-order valence-electron chi connectivity index (χ2n) is 13.2. The third kappa shape index (κ3) is 6.75. The summed E-state index contributed by atoms with van der Waals surface area (Å²) in [6.45, 7) is 13.8. The minimum Gasteiger partial charge on any atom is -0.481 e. The van der Waals surface area contributed by atoms with Crippen molar-refractivity contribution in [2.45, 2.75) is 58.8 Å². The smallest absolute Gasteiger partial charge is 0.356 e. The molecule has 7 nitrogen and oxygen atoms in total. The molecule has 0 spiro atoms. The van der Waals surface area contributed by atoms with Gasteiger partial charge in [-0.15, -0.1) is 0 Å². The van der Waals surface area contributed by atoms with Crippen LogP contribution in [-0.4, -0.2) is 44.2 Å². The van der Waals surface area contributed by atoms with Crippen molar-refractivity contribution in [3.63, 3.8) is 0 Å². The standard InChI is InChI=1S/C39H43N2O5P/c1-7-40-33-22-20-30(47(44,45)46)26-32(33)39(5,6)35(40)17-11-15-29(28-13-9-8-10-14-28)16-12-18-36-38(3,4)31-25-27(2)19-21-34(31)41(36)24-23-37(42)43/h8-22,25-26H,7,23-24H2,1-6H3,(H2-,42,43,44,45,46)/p+1. The van der Waals surface area contributed by atoms with Crippen LogP contribution in [0.25, 0.3) is 5.57 Å². The maximum atomic E-state index is 12.0. The molecule has 0 unspecified atom stereocenters. The van der Waals surface area contributed by atoms with E-state index in [9.17, 15) is 24.3 Å². The van der Waals surface area contributed by atoms with Crippen molar-refractivity contribution >= 4 is 41.5 Å². The molecule has 0 atom stereocenters. The largest absolute Gasteiger partial charge is 0.481 e. The minimum absolute atomic E-state index is 0.0290. The molecule has 8 heteroatoms. The second-order valence-corrected chi connectivity index (χ2v) is 14.8. The Morgan fingerprint density at radius 2 is 1.66 bits per heavy atom. The molecule has 244 valence electrons. The van der Waals surface area contributed by atoms with Crippen molar-refractivity contribution in [3.8, 4) is 0 Å². The molecular formula is C39H44N2O5P+. The zero-order valence-electron chi connectivity index (χ0n) is 27.9. The average molecular weight is 652 g/mol. The zero-order chi connectivity index (χ0) is 34.1. The fraction of sp³-hybridized carbons (Fsp3) is 0.282. The summed E-state index contributed by atoms with van der Waals surface area (Å²) >= 11 is 0. The van der Waals surface area contributed by atoms with Crippen molar-refractivity contribution in [2.24, 2.45) is 0 Å². The molecule has 3 aromatic rings. The maximum Gasteiger partial charge on any atom is 0.356 e. The molecule has 47 heavy (non-hydrogen) atoms. The number of nitrogens with zero attached hydrogens (tertiary/aromatic N) is 2. The fourth-order valence-corrected chi connectivity index (χ4v) is 7.35. The maximum absolute atomic E-state index is 12.0. The number of anilines is 1. The van der Waals surface area contributed by atoms with Gasteiger partial charge in [0.1, 0.15) is 6.42 Å². The Labute approximate surface area is 277 Å². The van der Waals surface area contributed by atoms with Crippen LogP contribution in [0.2, 0.25) is 0 Å². The van der Waals surface area contributed by atoms with Gasteiger partial charge in [-0.25, -0.2) is 0 Å². The molecule has 2 aliphatic rings. The average Bonchev–Trinajstić information content (AvgIpc) is 3.36. The van der Waals surface area contributed by atoms with Gasteiger partial charge in [-0.3, -0.25) is 9.36 Å². The first-order valence-electron chi connectivity index (χ1n) is 15.9. The normalized spacial score (nSPS) is 18.1. The van der Waals surface area contributed by atoms with Crippen LogP contribution in [0.3, 0.4) is 0 Å². The lowest BCUT2D eigenvalue weighted by molar-refractivity contribution is -0.436. The first-order chi connectivity index (χ1) is 22.2. The molecule has 2 aliphatic heterocycles. The van der Waals surface area contributed by atoms with E-state index in [0.717, 1.165) is 39.5 Å². The van der Waals surface area contributed by atoms with Gasteiger partial charge in [-0.2, -0.15) is 4.58 Å². The van der Waals surface area contributed by atoms with Crippen LogP contribution in [-0.2, 0) is 20.2 Å². The molecule has 2 heterocycles. The van der Waals surface area contributed by atoms with Crippen LogP contribution in [0.5, 0.6) is 0 Å². The highest BCUT2D eigenvalue weighted by atomic mass is 31.2. The Morgan fingerprint density at radius 1 is 0.936 bits per heavy atom. The van der Waals surface area contributed by atoms with E-state index in [-0.39, 0.29) is 17.1 Å². The van der Waals surface area contributed by atoms with E-state index >= 15 is 0 Å². The van der Waals surface area contributed by atoms with E-state index in [0.29, 0.717) is 13.1 Å². The number of allylic oxidation sites excluding steroid dienone is 8. The molecule has 0 radical (unpaired) electrons. The lowest BCUT2D eigenvalue weighted by Crippen LogP contribution is -2.28. The van der Waals surface area contributed by atoms with Gasteiger partial charge in [-0.1, -0.05) is 80.1 Å². The predicted octanol–water partition coefficient (Wildman–Crippen LogP) is 7.55. The van der Waals surface area contributed by atoms with Gasteiger partial charge in [0.2, 0.25) is 5.69 Å². The van der Waals surface area contributed by atoms with E-state index < -0.39 is 19.0 Å². The summed E-state index contributed by atoms with van der Waals surface area (Å²) < 4.78 is 14.2. The van der Waals surface area contributed by atoms with Crippen LogP contribution in [0.15, 0.2) is 109 Å². The van der Waals surface area contributed by atoms with Crippen molar-refractivity contribution in [1.29, 1.82) is 0 Å². The van der Waals surface area contributed by atoms with Crippen molar-refractivity contribution < 1.29 is 28.8 Å². The number of fused-ring (bicyclic) bond motifs is 2. The summed E-state index contributed by atoms with van der Waals surface area (Å²) in [7, 11) is -4.38. The lowest BCUT2D eigenvalue weighted by Gasteiger charge is -2.25. The molecule has 0 saturated heterocycles. The summed E-state index contributed by atoms with van der Waals surface area (Å²) in [4.78, 5) is 33.3. The third-order valence-corrected chi connectivity index (χ3v) is 10.2. The Hall–Kier alpha value is -4.29. The van der Waals surface area contributed by atoms with E-state index in [2.05, 4.69) is 106 Å². The van der Waals surface area contributed by atoms with Gasteiger partial charge >= 0.3 is 13.6 Å². The molecule has 3 aromatic carbocycles. The molecule has 0 aliphatic carbocycles. The zero-order valence-corrected chi connectivity index (χ0v) is 28.8. The molecular weight excluding hydrogens is 607 g/mol. The molecule has 3 N–H and O–H groups in total. The molecule has 0 saturated carbocycles. The molecule has 0 fully saturated rings. The highest BCUT2D eigenvalue weighted by Crippen LogP contribution is 2.49. The van der Waals surface area contributed by atoms with Crippen LogP contribution in [0, 0.1) is 6.92 Å². The SMILES string of the molecule is CCN1/C(=C/C=C/C(=C/C=C/C2=[N+](CCC(=O)O)c3ccc(C)cc3C2(C)C)c2ccccc2)C(C)(C)c2cc(P(=O)(O)O)ccc21. The summed E-state index contributed by atoms with van der Waals surface area (Å²) in [6.07, 6.45) is 12.5. The van der Waals surface area contributed by atoms with E-state index in [4.69, 9.17) is 0 Å². The monoisotopic (exact) mass is 651 g/mol. The molecule has 0 aromatic heterocycles. The number of likely N-dealkylation sites (N-methyl/N-ethyl adjacent to an activating group) is 1. The topological polar surface area (TPSA) is 101 Å². The Balaban J connectivity index is 1.52. The highest BCUT2D eigenvalue weighted by Gasteiger charge is 2.44. The minimum atomic E-state index is -4.38. The fourth-order valence-electron chi connectivity index (χ4n) is 6.79. The Kier molecular flexibility index (Phi) is 9.47. The molecule has 0 bridgehead atoms. The molecule has 5 rings (SSSR count). The number of rotatable bonds is 10. The van der Waals surface area contributed by atoms with Crippen molar-refractivity contribution in [2.75, 3.05) is 18.0 Å². The quantitative estimate of drug-likeness (QED) is 0.119. The summed E-state index contributed by atoms with van der Waals surface area (Å²) in [5.74, 6) is -0.824. The number of aliphatic carboxylic acids is 1. The van der Waals surface area contributed by atoms with E-state index in [1.165, 1.54) is 17.2 Å². The Morgan fingerprint density at radius 3 is 2.32 bits per heavy atom. The number of carboxylic acid groups (broad SMARTS) is 1. The number of benzene rings is 3. The summed E-state index contributed by atoms with van der Waals surface area (Å²) in [6, 6.07) is 21.5. The van der Waals surface area contributed by atoms with Gasteiger partial charge < -0.3 is 19.8 Å². The van der Waals surface area contributed by atoms with Gasteiger partial charge in [0.15, 0.2) is 12.3 Å². The third-order valence-electron chi connectivity index (χ3n) is 9.29. The highest BCUT2D eigenvalue weighted by molar-refractivity contribution is 7.60. The number of hydrogen-bond acceptors (Lipinski definition) is 3. The van der Waals surface area contributed by atoms with Gasteiger partial charge in [0.05, 0.1) is 10.7 Å². The second kappa shape index (κ2) is 13.1. The van der Waals surface area contributed by atoms with Gasteiger partial charge in [0, 0.05) is 41.1 Å². The summed E-state index contributed by atoms with van der Waals surface area (Å²) in [5.41, 5.74) is 8.63. The molecule has 0 amide bonds. The summed E-state index contributed by atoms with van der Waals surface area (Å²) in [5, 5.41) is 9.50. The van der Waals surface area contributed by atoms with Gasteiger partial charge in [0.25, 0.3) is 0 Å². The number of aryl methyl sites for hydroxylation is 1. The van der Waals surface area contributed by atoms with E-state index in [1.54, 1.807) is 12.1 Å². The number of hydrogen-bond donors (Lipinski definition) is 3. The van der Waals surface area contributed by atoms with Crippen LogP contribution in [0.1, 0.15) is 63.3 Å². The first kappa shape index (κ1) is 34.1. The first-order valence-corrected chi connectivity index (χ1v) is 17.6. The van der Waals surface area contributed by atoms with Gasteiger partial charge in [-0.05, 0) is 74.7 Å². The van der Waals surface area contributed by atoms with Crippen molar-refractivity contribution in [3.05, 3.63) is 131 Å². The van der Waals surface area contributed by atoms with Crippen LogP contribution in [0.4, 0.5) is 11.4 Å². The van der Waals surface area contributed by atoms with E-state index in [1.807, 2.05) is 30.4 Å². The Bertz CT molecular complexity index is 1910.